The van der Waals surface area contributed by atoms with Gasteiger partial charge >= 0.3 is 0 Å². The normalized spacial score (nSPS) is 11.3. The smallest absolute Gasteiger partial charge is 0.290 e. The summed E-state index contributed by atoms with van der Waals surface area (Å²) in [6.07, 6.45) is 0.273. The Bertz CT molecular complexity index is 553. The van der Waals surface area contributed by atoms with Crippen molar-refractivity contribution in [1.82, 2.24) is 5.32 Å². The molecule has 0 aliphatic heterocycles. The molecule has 0 atom stereocenters. The van der Waals surface area contributed by atoms with Gasteiger partial charge in [-0.2, -0.15) is 0 Å². The maximum absolute atomic E-state index is 12.1. The van der Waals surface area contributed by atoms with Crippen molar-refractivity contribution < 1.29 is 19.9 Å². The zero-order valence-electron chi connectivity index (χ0n) is 11.1. The maximum Gasteiger partial charge on any atom is 0.290 e. The van der Waals surface area contributed by atoms with Crippen molar-refractivity contribution in [2.24, 2.45) is 0 Å². The molecule has 0 bridgehead atoms. The van der Waals surface area contributed by atoms with Gasteiger partial charge in [-0.15, -0.1) is 0 Å². The van der Waals surface area contributed by atoms with E-state index in [2.05, 4.69) is 5.32 Å². The lowest BCUT2D eigenvalue weighted by Crippen LogP contribution is -2.53. The summed E-state index contributed by atoms with van der Waals surface area (Å²) in [5.74, 6) is -0.707. The molecule has 116 valence electrons. The Hall–Kier alpha value is -1.41. The van der Waals surface area contributed by atoms with E-state index in [9.17, 15) is 25.1 Å². The minimum absolute atomic E-state index is 0.0872. The van der Waals surface area contributed by atoms with Gasteiger partial charge in [0.25, 0.3) is 11.6 Å². The van der Waals surface area contributed by atoms with Crippen molar-refractivity contribution in [2.75, 3.05) is 13.2 Å². The molecular formula is C12H14Cl2N2O5. The zero-order chi connectivity index (χ0) is 16.2. The van der Waals surface area contributed by atoms with Crippen LogP contribution in [0.2, 0.25) is 10.0 Å². The molecule has 7 nitrogen and oxygen atoms in total. The van der Waals surface area contributed by atoms with E-state index in [1.165, 1.54) is 6.07 Å². The number of benzene rings is 1. The summed E-state index contributed by atoms with van der Waals surface area (Å²) in [5.41, 5.74) is -1.79. The quantitative estimate of drug-likeness (QED) is 0.541. The molecule has 0 fully saturated rings. The Morgan fingerprint density at radius 2 is 1.95 bits per heavy atom. The number of rotatable bonds is 6. The Morgan fingerprint density at radius 3 is 2.38 bits per heavy atom. The second kappa shape index (κ2) is 7.04. The van der Waals surface area contributed by atoms with Gasteiger partial charge in [-0.05, 0) is 12.5 Å². The summed E-state index contributed by atoms with van der Waals surface area (Å²) in [4.78, 5) is 22.2. The third-order valence-corrected chi connectivity index (χ3v) is 3.92. The lowest BCUT2D eigenvalue weighted by Gasteiger charge is -2.29. The van der Waals surface area contributed by atoms with Crippen LogP contribution in [0.5, 0.6) is 0 Å². The zero-order valence-corrected chi connectivity index (χ0v) is 12.6. The number of carbonyl (C=O) groups is 1. The summed E-state index contributed by atoms with van der Waals surface area (Å²) in [6, 6.07) is 2.17. The molecule has 1 amide bonds. The lowest BCUT2D eigenvalue weighted by atomic mass is 9.97. The Balaban J connectivity index is 3.17. The van der Waals surface area contributed by atoms with Crippen LogP contribution >= 0.6 is 23.2 Å². The predicted octanol–water partition coefficient (Wildman–Crippen LogP) is 1.76. The largest absolute Gasteiger partial charge is 0.394 e. The first-order chi connectivity index (χ1) is 9.80. The number of halogens is 2. The summed E-state index contributed by atoms with van der Waals surface area (Å²) < 4.78 is 0. The van der Waals surface area contributed by atoms with Crippen LogP contribution in [-0.2, 0) is 0 Å². The maximum atomic E-state index is 12.1. The molecule has 0 spiro atoms. The van der Waals surface area contributed by atoms with Gasteiger partial charge in [0.1, 0.15) is 5.02 Å². The van der Waals surface area contributed by atoms with Crippen molar-refractivity contribution in [1.29, 1.82) is 0 Å². The molecule has 0 saturated carbocycles. The van der Waals surface area contributed by atoms with E-state index in [-0.39, 0.29) is 22.0 Å². The molecule has 1 aromatic rings. The van der Waals surface area contributed by atoms with Crippen LogP contribution in [0.1, 0.15) is 23.7 Å². The first kappa shape index (κ1) is 17.6. The van der Waals surface area contributed by atoms with Crippen molar-refractivity contribution in [2.45, 2.75) is 18.9 Å². The molecule has 3 N–H and O–H groups in total. The van der Waals surface area contributed by atoms with Gasteiger partial charge < -0.3 is 15.5 Å². The standard InChI is InChI=1S/C12H14Cl2N2O5/c1-2-12(5-17,6-18)15-11(19)7-3-8(13)10(14)9(4-7)16(20)21/h3-4,17-18H,2,5-6H2,1H3,(H,15,19). The average Bonchev–Trinajstić information content (AvgIpc) is 2.47. The molecule has 0 unspecified atom stereocenters. The first-order valence-electron chi connectivity index (χ1n) is 5.98. The van der Waals surface area contributed by atoms with Crippen LogP contribution < -0.4 is 5.32 Å². The van der Waals surface area contributed by atoms with E-state index in [0.29, 0.717) is 0 Å². The van der Waals surface area contributed by atoms with Crippen LogP contribution in [-0.4, -0.2) is 39.8 Å². The van der Waals surface area contributed by atoms with E-state index in [0.717, 1.165) is 6.07 Å². The topological polar surface area (TPSA) is 113 Å². The number of hydrogen-bond acceptors (Lipinski definition) is 5. The Labute approximate surface area is 130 Å². The van der Waals surface area contributed by atoms with Crippen LogP contribution in [0.15, 0.2) is 12.1 Å². The van der Waals surface area contributed by atoms with Gasteiger partial charge in [-0.3, -0.25) is 14.9 Å². The fourth-order valence-corrected chi connectivity index (χ4v) is 1.99. The van der Waals surface area contributed by atoms with Crippen molar-refractivity contribution >= 4 is 34.8 Å². The average molecular weight is 337 g/mol. The van der Waals surface area contributed by atoms with E-state index in [1.807, 2.05) is 0 Å². The van der Waals surface area contributed by atoms with E-state index >= 15 is 0 Å². The van der Waals surface area contributed by atoms with Crippen LogP contribution in [0.4, 0.5) is 5.69 Å². The summed E-state index contributed by atoms with van der Waals surface area (Å²) in [7, 11) is 0. The van der Waals surface area contributed by atoms with Gasteiger partial charge in [0.05, 0.1) is 28.7 Å². The van der Waals surface area contributed by atoms with E-state index < -0.39 is 35.3 Å². The van der Waals surface area contributed by atoms with Crippen LogP contribution in [0, 0.1) is 10.1 Å². The summed E-state index contributed by atoms with van der Waals surface area (Å²) >= 11 is 11.5. The number of hydrogen-bond donors (Lipinski definition) is 3. The molecule has 0 radical (unpaired) electrons. The van der Waals surface area contributed by atoms with E-state index in [1.54, 1.807) is 6.92 Å². The Morgan fingerprint density at radius 1 is 1.38 bits per heavy atom. The van der Waals surface area contributed by atoms with Gasteiger partial charge in [0, 0.05) is 11.6 Å². The number of carbonyl (C=O) groups excluding carboxylic acids is 1. The van der Waals surface area contributed by atoms with Crippen molar-refractivity contribution in [3.8, 4) is 0 Å². The van der Waals surface area contributed by atoms with Crippen LogP contribution in [0.3, 0.4) is 0 Å². The van der Waals surface area contributed by atoms with Crippen molar-refractivity contribution in [3.63, 3.8) is 0 Å². The molecule has 0 aliphatic carbocycles. The third-order valence-electron chi connectivity index (χ3n) is 3.13. The third kappa shape index (κ3) is 3.82. The molecule has 0 aromatic heterocycles. The SMILES string of the molecule is CCC(CO)(CO)NC(=O)c1cc(Cl)c(Cl)c([N+](=O)[O-])c1. The number of nitrogens with zero attached hydrogens (tertiary/aromatic N) is 1. The summed E-state index contributed by atoms with van der Waals surface area (Å²) in [5, 5.41) is 31.5. The molecule has 1 rings (SSSR count). The molecule has 21 heavy (non-hydrogen) atoms. The van der Waals surface area contributed by atoms with Gasteiger partial charge in [0.2, 0.25) is 0 Å². The fourth-order valence-electron chi connectivity index (χ4n) is 1.59. The van der Waals surface area contributed by atoms with Gasteiger partial charge in [0.15, 0.2) is 0 Å². The molecule has 1 aromatic carbocycles. The molecule has 0 heterocycles. The van der Waals surface area contributed by atoms with Gasteiger partial charge in [-0.25, -0.2) is 0 Å². The van der Waals surface area contributed by atoms with Gasteiger partial charge in [-0.1, -0.05) is 30.1 Å². The second-order valence-corrected chi connectivity index (χ2v) is 5.24. The second-order valence-electron chi connectivity index (χ2n) is 4.45. The van der Waals surface area contributed by atoms with Crippen LogP contribution in [0.25, 0.3) is 0 Å². The summed E-state index contributed by atoms with van der Waals surface area (Å²) in [6.45, 7) is 0.717. The molecule has 0 aliphatic rings. The highest BCUT2D eigenvalue weighted by Crippen LogP contribution is 2.33. The number of nitrogens with one attached hydrogen (secondary N) is 1. The molecular weight excluding hydrogens is 323 g/mol. The number of amides is 1. The number of aliphatic hydroxyl groups is 2. The number of nitro groups is 1. The number of aliphatic hydroxyl groups excluding tert-OH is 2. The first-order valence-corrected chi connectivity index (χ1v) is 6.73. The minimum atomic E-state index is -1.21. The fraction of sp³-hybridized carbons (Fsp3) is 0.417. The monoisotopic (exact) mass is 336 g/mol. The Kier molecular flexibility index (Phi) is 5.91. The van der Waals surface area contributed by atoms with Crippen molar-refractivity contribution in [3.05, 3.63) is 37.9 Å². The highest BCUT2D eigenvalue weighted by molar-refractivity contribution is 6.43. The predicted molar refractivity (Wildman–Crippen MR) is 77.8 cm³/mol. The molecule has 0 saturated heterocycles. The number of nitro benzene ring substituents is 1. The van der Waals surface area contributed by atoms with E-state index in [4.69, 9.17) is 23.2 Å². The lowest BCUT2D eigenvalue weighted by molar-refractivity contribution is -0.384. The highest BCUT2D eigenvalue weighted by Gasteiger charge is 2.30. The highest BCUT2D eigenvalue weighted by atomic mass is 35.5. The molecule has 9 heteroatoms. The minimum Gasteiger partial charge on any atom is -0.394 e.